The summed E-state index contributed by atoms with van der Waals surface area (Å²) in [5, 5.41) is 19.4. The molecule has 3 unspecified atom stereocenters. The van der Waals surface area contributed by atoms with Gasteiger partial charge in [-0.2, -0.15) is 0 Å². The van der Waals surface area contributed by atoms with Gasteiger partial charge in [0, 0.05) is 25.0 Å². The van der Waals surface area contributed by atoms with Gasteiger partial charge in [-0.05, 0) is 59.4 Å². The number of ether oxygens (including phenoxy) is 4. The summed E-state index contributed by atoms with van der Waals surface area (Å²) in [5.41, 5.74) is 5.14. The van der Waals surface area contributed by atoms with Gasteiger partial charge < -0.3 is 29.2 Å². The molecule has 176 valence electrons. The lowest BCUT2D eigenvalue weighted by Crippen LogP contribution is -2.39. The van der Waals surface area contributed by atoms with E-state index >= 15 is 0 Å². The Morgan fingerprint density at radius 2 is 1.91 bits per heavy atom. The van der Waals surface area contributed by atoms with Gasteiger partial charge in [-0.1, -0.05) is 19.1 Å². The Balaban J connectivity index is 1.38. The first kappa shape index (κ1) is 22.1. The van der Waals surface area contributed by atoms with Crippen molar-refractivity contribution in [2.24, 2.45) is 5.92 Å². The van der Waals surface area contributed by atoms with Crippen molar-refractivity contribution in [1.82, 2.24) is 4.90 Å². The highest BCUT2D eigenvalue weighted by Gasteiger charge is 2.34. The quantitative estimate of drug-likeness (QED) is 0.624. The van der Waals surface area contributed by atoms with E-state index in [0.29, 0.717) is 11.5 Å². The fourth-order valence-electron chi connectivity index (χ4n) is 4.98. The number of methoxy groups -OCH3 is 1. The molecule has 0 radical (unpaired) electrons. The van der Waals surface area contributed by atoms with E-state index in [4.69, 9.17) is 24.1 Å². The van der Waals surface area contributed by atoms with Crippen molar-refractivity contribution in [2.45, 2.75) is 38.5 Å². The summed E-state index contributed by atoms with van der Waals surface area (Å²) in [7, 11) is 1.64. The first-order chi connectivity index (χ1) is 16.1. The summed E-state index contributed by atoms with van der Waals surface area (Å²) in [4.78, 5) is 2.52. The second-order valence-electron chi connectivity index (χ2n) is 8.96. The molecule has 3 atom stereocenters. The molecule has 2 aromatic carbocycles. The largest absolute Gasteiger partial charge is 0.493 e. The van der Waals surface area contributed by atoms with Crippen LogP contribution in [0, 0.1) is 5.92 Å². The molecule has 0 bridgehead atoms. The van der Waals surface area contributed by atoms with E-state index in [9.17, 15) is 5.11 Å². The van der Waals surface area contributed by atoms with Crippen molar-refractivity contribution in [3.05, 3.63) is 58.7 Å². The summed E-state index contributed by atoms with van der Waals surface area (Å²) in [6, 6.07) is 8.70. The molecular formula is C26H31NO6. The molecule has 33 heavy (non-hydrogen) atoms. The Kier molecular flexibility index (Phi) is 6.19. The van der Waals surface area contributed by atoms with E-state index < -0.39 is 6.10 Å². The van der Waals surface area contributed by atoms with Crippen LogP contribution in [0.5, 0.6) is 23.0 Å². The molecule has 3 aliphatic rings. The first-order valence-electron chi connectivity index (χ1n) is 11.5. The molecule has 3 aliphatic heterocycles. The average molecular weight is 454 g/mol. The van der Waals surface area contributed by atoms with E-state index in [-0.39, 0.29) is 32.0 Å². The summed E-state index contributed by atoms with van der Waals surface area (Å²) in [6.07, 6.45) is 4.61. The number of hydrogen-bond acceptors (Lipinski definition) is 7. The number of benzene rings is 2. The van der Waals surface area contributed by atoms with Crippen LogP contribution in [-0.2, 0) is 19.4 Å². The molecule has 7 heteroatoms. The highest BCUT2D eigenvalue weighted by molar-refractivity contribution is 5.53. The molecule has 5 rings (SSSR count). The SMILES string of the molecule is COc1cc2c(cc1OCC(O)C(C)C=CCO)CC1c3cc4c(cc3CCN1C2)OCO4. The number of aliphatic hydroxyl groups excluding tert-OH is 2. The minimum absolute atomic E-state index is 0.0418. The van der Waals surface area contributed by atoms with Crippen LogP contribution in [-0.4, -0.2) is 54.9 Å². The summed E-state index contributed by atoms with van der Waals surface area (Å²) in [6.45, 7) is 4.15. The molecule has 0 amide bonds. The Bertz CT molecular complexity index is 1050. The fourth-order valence-corrected chi connectivity index (χ4v) is 4.98. The van der Waals surface area contributed by atoms with Gasteiger partial charge in [0.25, 0.3) is 0 Å². The highest BCUT2D eigenvalue weighted by Crippen LogP contribution is 2.45. The Hall–Kier alpha value is -2.74. The summed E-state index contributed by atoms with van der Waals surface area (Å²) in [5.74, 6) is 2.88. The molecule has 0 aliphatic carbocycles. The van der Waals surface area contributed by atoms with Crippen molar-refractivity contribution >= 4 is 0 Å². The lowest BCUT2D eigenvalue weighted by Gasteiger charge is -2.41. The van der Waals surface area contributed by atoms with Gasteiger partial charge in [0.2, 0.25) is 6.79 Å². The van der Waals surface area contributed by atoms with E-state index in [0.717, 1.165) is 37.4 Å². The van der Waals surface area contributed by atoms with Crippen molar-refractivity contribution in [3.63, 3.8) is 0 Å². The van der Waals surface area contributed by atoms with Crippen LogP contribution in [0.2, 0.25) is 0 Å². The van der Waals surface area contributed by atoms with Crippen LogP contribution < -0.4 is 18.9 Å². The van der Waals surface area contributed by atoms with Gasteiger partial charge >= 0.3 is 0 Å². The van der Waals surface area contributed by atoms with Crippen molar-refractivity contribution < 1.29 is 29.2 Å². The average Bonchev–Trinajstić information content (AvgIpc) is 3.30. The van der Waals surface area contributed by atoms with Crippen LogP contribution in [0.1, 0.15) is 35.2 Å². The lowest BCUT2D eigenvalue weighted by atomic mass is 9.83. The monoisotopic (exact) mass is 453 g/mol. The zero-order chi connectivity index (χ0) is 22.9. The molecule has 3 heterocycles. The minimum Gasteiger partial charge on any atom is -0.493 e. The van der Waals surface area contributed by atoms with Gasteiger partial charge in [-0.3, -0.25) is 4.90 Å². The summed E-state index contributed by atoms with van der Waals surface area (Å²) >= 11 is 0. The van der Waals surface area contributed by atoms with Gasteiger partial charge in [-0.15, -0.1) is 0 Å². The van der Waals surface area contributed by atoms with Crippen molar-refractivity contribution in [1.29, 1.82) is 0 Å². The van der Waals surface area contributed by atoms with Crippen LogP contribution in [0.3, 0.4) is 0 Å². The second kappa shape index (κ2) is 9.25. The van der Waals surface area contributed by atoms with Crippen LogP contribution in [0.25, 0.3) is 0 Å². The highest BCUT2D eigenvalue weighted by atomic mass is 16.7. The second-order valence-corrected chi connectivity index (χ2v) is 8.96. The number of aliphatic hydroxyl groups is 2. The maximum absolute atomic E-state index is 10.4. The smallest absolute Gasteiger partial charge is 0.231 e. The van der Waals surface area contributed by atoms with E-state index in [1.807, 2.05) is 6.92 Å². The number of hydrogen-bond donors (Lipinski definition) is 2. The molecule has 0 aromatic heterocycles. The molecule has 2 aromatic rings. The standard InChI is InChI=1S/C26H31NO6/c1-16(4-3-7-28)22(29)14-31-24-10-18-8-21-20-12-26-25(32-15-33-26)9-17(20)5-6-27(21)13-19(18)11-23(24)30-2/h3-4,9-12,16,21-22,28-29H,5-8,13-15H2,1-2H3. The molecule has 0 fully saturated rings. The minimum atomic E-state index is -0.682. The molecule has 0 saturated heterocycles. The third kappa shape index (κ3) is 4.28. The van der Waals surface area contributed by atoms with E-state index in [2.05, 4.69) is 29.2 Å². The maximum Gasteiger partial charge on any atom is 0.231 e. The van der Waals surface area contributed by atoms with E-state index in [1.54, 1.807) is 19.3 Å². The van der Waals surface area contributed by atoms with Gasteiger partial charge in [0.05, 0.1) is 19.8 Å². The Morgan fingerprint density at radius 3 is 2.70 bits per heavy atom. The molecule has 0 saturated carbocycles. The number of nitrogens with zero attached hydrogens (tertiary/aromatic N) is 1. The third-order valence-corrected chi connectivity index (χ3v) is 6.94. The Morgan fingerprint density at radius 1 is 1.12 bits per heavy atom. The summed E-state index contributed by atoms with van der Waals surface area (Å²) < 4.78 is 22.8. The normalized spacial score (nSPS) is 20.7. The predicted molar refractivity (Wildman–Crippen MR) is 123 cm³/mol. The topological polar surface area (TPSA) is 80.6 Å². The van der Waals surface area contributed by atoms with E-state index in [1.165, 1.54) is 22.3 Å². The Labute approximate surface area is 194 Å². The number of fused-ring (bicyclic) bond motifs is 5. The first-order valence-corrected chi connectivity index (χ1v) is 11.5. The van der Waals surface area contributed by atoms with Crippen LogP contribution in [0.4, 0.5) is 0 Å². The van der Waals surface area contributed by atoms with Crippen molar-refractivity contribution in [2.75, 3.05) is 33.7 Å². The van der Waals surface area contributed by atoms with Crippen molar-refractivity contribution in [3.8, 4) is 23.0 Å². The molecule has 0 spiro atoms. The third-order valence-electron chi connectivity index (χ3n) is 6.94. The van der Waals surface area contributed by atoms with Crippen LogP contribution in [0.15, 0.2) is 36.4 Å². The predicted octanol–water partition coefficient (Wildman–Crippen LogP) is 3.00. The molecule has 7 nitrogen and oxygen atoms in total. The molecular weight excluding hydrogens is 422 g/mol. The van der Waals surface area contributed by atoms with Gasteiger partial charge in [-0.25, -0.2) is 0 Å². The zero-order valence-electron chi connectivity index (χ0n) is 19.1. The van der Waals surface area contributed by atoms with Crippen LogP contribution >= 0.6 is 0 Å². The number of rotatable bonds is 7. The zero-order valence-corrected chi connectivity index (χ0v) is 19.1. The maximum atomic E-state index is 10.4. The van der Waals surface area contributed by atoms with Gasteiger partial charge in [0.1, 0.15) is 6.61 Å². The molecule has 2 N–H and O–H groups in total. The fraction of sp³-hybridized carbons (Fsp3) is 0.462. The van der Waals surface area contributed by atoms with Gasteiger partial charge in [0.15, 0.2) is 23.0 Å². The lowest BCUT2D eigenvalue weighted by molar-refractivity contribution is 0.0776.